The summed E-state index contributed by atoms with van der Waals surface area (Å²) in [5, 5.41) is 10.2. The Bertz CT molecular complexity index is 3450. The lowest BCUT2D eigenvalue weighted by atomic mass is 9.99. The Hall–Kier alpha value is -6.68. The lowest BCUT2D eigenvalue weighted by Crippen LogP contribution is -1.95. The van der Waals surface area contributed by atoms with E-state index in [1.165, 1.54) is 102 Å². The highest BCUT2D eigenvalue weighted by Crippen LogP contribution is 2.44. The quantitative estimate of drug-likeness (QED) is 0.163. The highest BCUT2D eigenvalue weighted by molar-refractivity contribution is 7.25. The maximum atomic E-state index is 2.51. The molecule has 0 atom stereocenters. The van der Waals surface area contributed by atoms with Crippen LogP contribution >= 0.6 is 11.3 Å². The molecule has 0 saturated carbocycles. The number of fused-ring (bicyclic) bond motifs is 14. The van der Waals surface area contributed by atoms with Crippen molar-refractivity contribution in [1.82, 2.24) is 8.97 Å². The maximum Gasteiger partial charge on any atom is 0.0626 e. The normalized spacial score (nSPS) is 12.2. The van der Waals surface area contributed by atoms with Gasteiger partial charge >= 0.3 is 0 Å². The molecule has 0 amide bonds. The van der Waals surface area contributed by atoms with Crippen LogP contribution in [0.4, 0.5) is 0 Å². The SMILES string of the molecule is c1ccc(-c2c3ccc(-n4c5ccccc5c5cc(-c6ccc7sc8ccccc8c7c6)ccc54)cc3n3c4ccccc4c4ccccc4c23)cc1. The Labute approximate surface area is 309 Å². The highest BCUT2D eigenvalue weighted by atomic mass is 32.1. The molecule has 4 aromatic heterocycles. The van der Waals surface area contributed by atoms with Gasteiger partial charge in [-0.1, -0.05) is 127 Å². The van der Waals surface area contributed by atoms with Crippen molar-refractivity contribution in [3.05, 3.63) is 182 Å². The summed E-state index contributed by atoms with van der Waals surface area (Å²) in [6.07, 6.45) is 0. The number of pyridine rings is 1. The predicted octanol–water partition coefficient (Wildman–Crippen LogP) is 14.2. The van der Waals surface area contributed by atoms with Crippen molar-refractivity contribution in [3.8, 4) is 27.9 Å². The summed E-state index contributed by atoms with van der Waals surface area (Å²) in [7, 11) is 0. The molecule has 8 aromatic carbocycles. The van der Waals surface area contributed by atoms with Crippen molar-refractivity contribution < 1.29 is 0 Å². The molecule has 0 bridgehead atoms. The van der Waals surface area contributed by atoms with Gasteiger partial charge in [0.2, 0.25) is 0 Å². The Kier molecular flexibility index (Phi) is 5.96. The minimum absolute atomic E-state index is 1.15. The fourth-order valence-corrected chi connectivity index (χ4v) is 10.1. The molecular formula is C50H30N2S. The van der Waals surface area contributed by atoms with Gasteiger partial charge in [0.25, 0.3) is 0 Å². The minimum Gasteiger partial charge on any atom is -0.309 e. The second-order valence-electron chi connectivity index (χ2n) is 14.1. The molecule has 0 aliphatic heterocycles. The van der Waals surface area contributed by atoms with E-state index in [2.05, 4.69) is 191 Å². The van der Waals surface area contributed by atoms with E-state index in [0.717, 1.165) is 5.69 Å². The van der Waals surface area contributed by atoms with E-state index in [0.29, 0.717) is 0 Å². The van der Waals surface area contributed by atoms with Gasteiger partial charge in [0.1, 0.15) is 0 Å². The lowest BCUT2D eigenvalue weighted by molar-refractivity contribution is 1.18. The molecule has 3 heteroatoms. The zero-order valence-corrected chi connectivity index (χ0v) is 29.4. The van der Waals surface area contributed by atoms with Crippen LogP contribution in [0, 0.1) is 0 Å². The molecule has 0 radical (unpaired) electrons. The maximum absolute atomic E-state index is 2.51. The number of para-hydroxylation sites is 2. The molecular weight excluding hydrogens is 661 g/mol. The monoisotopic (exact) mass is 690 g/mol. The first-order valence-corrected chi connectivity index (χ1v) is 19.0. The third-order valence-electron chi connectivity index (χ3n) is 11.3. The predicted molar refractivity (Wildman–Crippen MR) is 228 cm³/mol. The van der Waals surface area contributed by atoms with Crippen LogP contribution in [-0.4, -0.2) is 8.97 Å². The molecule has 0 aliphatic carbocycles. The van der Waals surface area contributed by atoms with Crippen molar-refractivity contribution in [2.45, 2.75) is 0 Å². The minimum atomic E-state index is 1.15. The third kappa shape index (κ3) is 4.08. The second kappa shape index (κ2) is 10.9. The Morgan fingerprint density at radius 3 is 1.75 bits per heavy atom. The molecule has 4 heterocycles. The van der Waals surface area contributed by atoms with Crippen LogP contribution < -0.4 is 0 Å². The molecule has 0 unspecified atom stereocenters. The van der Waals surface area contributed by atoms with Gasteiger partial charge in [-0.3, -0.25) is 0 Å². The molecule has 12 rings (SSSR count). The molecule has 2 nitrogen and oxygen atoms in total. The summed E-state index contributed by atoms with van der Waals surface area (Å²) < 4.78 is 7.63. The highest BCUT2D eigenvalue weighted by Gasteiger charge is 2.21. The Morgan fingerprint density at radius 2 is 0.925 bits per heavy atom. The van der Waals surface area contributed by atoms with Crippen LogP contribution in [0.25, 0.3) is 108 Å². The van der Waals surface area contributed by atoms with E-state index in [1.807, 2.05) is 11.3 Å². The number of benzene rings is 8. The third-order valence-corrected chi connectivity index (χ3v) is 12.4. The fraction of sp³-hybridized carbons (Fsp3) is 0. The van der Waals surface area contributed by atoms with E-state index in [9.17, 15) is 0 Å². The van der Waals surface area contributed by atoms with Crippen LogP contribution in [-0.2, 0) is 0 Å². The van der Waals surface area contributed by atoms with E-state index in [4.69, 9.17) is 0 Å². The van der Waals surface area contributed by atoms with E-state index in [1.54, 1.807) is 0 Å². The first-order valence-electron chi connectivity index (χ1n) is 18.2. The first kappa shape index (κ1) is 29.0. The summed E-state index contributed by atoms with van der Waals surface area (Å²) in [5.41, 5.74) is 12.2. The van der Waals surface area contributed by atoms with Gasteiger partial charge in [-0.05, 0) is 76.7 Å². The fourth-order valence-electron chi connectivity index (χ4n) is 8.97. The van der Waals surface area contributed by atoms with E-state index in [-0.39, 0.29) is 0 Å². The van der Waals surface area contributed by atoms with Crippen LogP contribution in [0.3, 0.4) is 0 Å². The number of nitrogens with zero attached hydrogens (tertiary/aromatic N) is 2. The number of hydrogen-bond donors (Lipinski definition) is 0. The van der Waals surface area contributed by atoms with Crippen molar-refractivity contribution in [2.75, 3.05) is 0 Å². The number of hydrogen-bond acceptors (Lipinski definition) is 1. The van der Waals surface area contributed by atoms with Crippen molar-refractivity contribution >= 4 is 91.4 Å². The summed E-state index contributed by atoms with van der Waals surface area (Å²) in [5.74, 6) is 0. The first-order chi connectivity index (χ1) is 26.3. The topological polar surface area (TPSA) is 9.34 Å². The summed E-state index contributed by atoms with van der Waals surface area (Å²) >= 11 is 1.87. The van der Waals surface area contributed by atoms with Gasteiger partial charge in [0, 0.05) is 58.4 Å². The van der Waals surface area contributed by atoms with E-state index >= 15 is 0 Å². The Balaban J connectivity index is 1.14. The van der Waals surface area contributed by atoms with Crippen molar-refractivity contribution in [1.29, 1.82) is 0 Å². The zero-order valence-electron chi connectivity index (χ0n) is 28.6. The van der Waals surface area contributed by atoms with Crippen LogP contribution in [0.2, 0.25) is 0 Å². The van der Waals surface area contributed by atoms with Gasteiger partial charge in [0.05, 0.1) is 27.6 Å². The smallest absolute Gasteiger partial charge is 0.0626 e. The van der Waals surface area contributed by atoms with Crippen LogP contribution in [0.15, 0.2) is 182 Å². The molecule has 12 aromatic rings. The van der Waals surface area contributed by atoms with Gasteiger partial charge in [0.15, 0.2) is 0 Å². The average Bonchev–Trinajstić information content (AvgIpc) is 3.88. The summed E-state index contributed by atoms with van der Waals surface area (Å²) in [6.45, 7) is 0. The largest absolute Gasteiger partial charge is 0.309 e. The molecule has 0 saturated heterocycles. The summed E-state index contributed by atoms with van der Waals surface area (Å²) in [4.78, 5) is 0. The van der Waals surface area contributed by atoms with Crippen LogP contribution in [0.5, 0.6) is 0 Å². The van der Waals surface area contributed by atoms with Crippen molar-refractivity contribution in [3.63, 3.8) is 0 Å². The molecule has 246 valence electrons. The molecule has 0 N–H and O–H groups in total. The second-order valence-corrected chi connectivity index (χ2v) is 15.2. The molecule has 53 heavy (non-hydrogen) atoms. The number of aromatic nitrogens is 2. The molecule has 0 fully saturated rings. The standard InChI is InChI=1S/C50H30N2S/c1-2-12-31(13-3-1)49-40-25-24-34(30-46(40)52-44-20-10-6-15-36(44)35-14-4-5-18-39(35)50(49)52)51-43-19-9-7-16-37(43)41-28-32(22-26-45(41)51)33-23-27-48-42(29-33)38-17-8-11-21-47(38)53-48/h1-30H. The van der Waals surface area contributed by atoms with Gasteiger partial charge in [-0.25, -0.2) is 0 Å². The molecule has 0 aliphatic rings. The summed E-state index contributed by atoms with van der Waals surface area (Å²) in [6, 6.07) is 67.2. The Morgan fingerprint density at radius 1 is 0.321 bits per heavy atom. The van der Waals surface area contributed by atoms with Crippen LogP contribution in [0.1, 0.15) is 0 Å². The average molecular weight is 691 g/mol. The molecule has 0 spiro atoms. The van der Waals surface area contributed by atoms with Gasteiger partial charge < -0.3 is 8.97 Å². The van der Waals surface area contributed by atoms with E-state index < -0.39 is 0 Å². The van der Waals surface area contributed by atoms with Crippen molar-refractivity contribution in [2.24, 2.45) is 0 Å². The number of rotatable bonds is 3. The zero-order chi connectivity index (χ0) is 34.6. The lowest BCUT2D eigenvalue weighted by Gasteiger charge is -2.12. The number of thiophene rings is 1. The van der Waals surface area contributed by atoms with Gasteiger partial charge in [-0.15, -0.1) is 11.3 Å². The van der Waals surface area contributed by atoms with Gasteiger partial charge in [-0.2, -0.15) is 0 Å².